The number of hydrogen-bond acceptors (Lipinski definition) is 9. The van der Waals surface area contributed by atoms with Crippen LogP contribution in [0.1, 0.15) is 11.8 Å². The van der Waals surface area contributed by atoms with Gasteiger partial charge in [0, 0.05) is 4.91 Å². The fourth-order valence-electron chi connectivity index (χ4n) is 3.21. The highest BCUT2D eigenvalue weighted by Gasteiger charge is 2.48. The molecule has 0 radical (unpaired) electrons. The van der Waals surface area contributed by atoms with Gasteiger partial charge in [-0.05, 0) is 11.1 Å². The molecule has 150 valence electrons. The summed E-state index contributed by atoms with van der Waals surface area (Å²) in [6.45, 7) is 0.135. The van der Waals surface area contributed by atoms with E-state index in [1.54, 1.807) is 0 Å². The number of aliphatic hydroxyl groups excluding tert-OH is 2. The van der Waals surface area contributed by atoms with E-state index in [9.17, 15) is 10.2 Å². The lowest BCUT2D eigenvalue weighted by Crippen LogP contribution is -2.39. The summed E-state index contributed by atoms with van der Waals surface area (Å²) in [5.41, 5.74) is 16.2. The minimum Gasteiger partial charge on any atom is -0.387 e. The number of ether oxygens (including phenoxy) is 2. The molecule has 2 aromatic heterocycles. The highest BCUT2D eigenvalue weighted by Crippen LogP contribution is 2.34. The van der Waals surface area contributed by atoms with Crippen LogP contribution in [0.2, 0.25) is 0 Å². The van der Waals surface area contributed by atoms with Crippen molar-refractivity contribution in [3.63, 3.8) is 0 Å². The molecule has 1 fully saturated rings. The van der Waals surface area contributed by atoms with Gasteiger partial charge in [0.15, 0.2) is 23.9 Å². The van der Waals surface area contributed by atoms with Gasteiger partial charge >= 0.3 is 0 Å². The molecule has 3 aromatic rings. The average molecular weight is 398 g/mol. The highest BCUT2D eigenvalue weighted by atomic mass is 16.6. The second-order valence-corrected chi connectivity index (χ2v) is 6.45. The number of aromatic nitrogens is 4. The minimum atomic E-state index is -1.37. The Labute approximate surface area is 164 Å². The molecule has 5 atom stereocenters. The number of nitrogens with zero attached hydrogens (tertiary/aromatic N) is 7. The Kier molecular flexibility index (Phi) is 5.25. The second-order valence-electron chi connectivity index (χ2n) is 6.45. The standard InChI is InChI=1S/C17H18N8O4/c18-14-10-15(21-7-20-14)25(8-22-10)17-12(27)11(26)13(29-17)16(23-24-19)28-6-9-4-2-1-3-5-9/h1-5,7-8,11-13,16-17,26-27H,6H2,(H2,18,20,21)/t11-,12+,13-,16?,17+/m0/s1. The number of benzene rings is 1. The molecule has 4 rings (SSSR count). The van der Waals surface area contributed by atoms with Crippen molar-refractivity contribution >= 4 is 17.0 Å². The number of imidazole rings is 1. The first kappa shape index (κ1) is 19.1. The van der Waals surface area contributed by atoms with Crippen LogP contribution in [0.5, 0.6) is 0 Å². The molecule has 0 spiro atoms. The van der Waals surface area contributed by atoms with E-state index in [-0.39, 0.29) is 12.4 Å². The van der Waals surface area contributed by atoms with E-state index < -0.39 is 30.8 Å². The quantitative estimate of drug-likeness (QED) is 0.311. The number of fused-ring (bicyclic) bond motifs is 1. The first-order valence-electron chi connectivity index (χ1n) is 8.74. The predicted octanol–water partition coefficient (Wildman–Crippen LogP) is 0.881. The molecule has 1 aliphatic rings. The van der Waals surface area contributed by atoms with E-state index >= 15 is 0 Å². The summed E-state index contributed by atoms with van der Waals surface area (Å²) in [6.07, 6.45) is -3.38. The van der Waals surface area contributed by atoms with Gasteiger partial charge in [-0.25, -0.2) is 15.0 Å². The molecule has 1 unspecified atom stereocenters. The van der Waals surface area contributed by atoms with Crippen molar-refractivity contribution in [2.75, 3.05) is 5.73 Å². The fraction of sp³-hybridized carbons (Fsp3) is 0.353. The van der Waals surface area contributed by atoms with Gasteiger partial charge in [-0.1, -0.05) is 35.4 Å². The Balaban J connectivity index is 1.57. The van der Waals surface area contributed by atoms with Gasteiger partial charge in [-0.3, -0.25) is 4.57 Å². The Bertz CT molecular complexity index is 1040. The molecule has 4 N–H and O–H groups in total. The molecule has 0 amide bonds. The zero-order chi connectivity index (χ0) is 20.4. The van der Waals surface area contributed by atoms with Crippen LogP contribution < -0.4 is 5.73 Å². The maximum Gasteiger partial charge on any atom is 0.167 e. The smallest absolute Gasteiger partial charge is 0.167 e. The molecule has 29 heavy (non-hydrogen) atoms. The van der Waals surface area contributed by atoms with Gasteiger partial charge in [0.25, 0.3) is 0 Å². The van der Waals surface area contributed by atoms with Crippen molar-refractivity contribution in [2.45, 2.75) is 37.4 Å². The normalized spacial score (nSPS) is 25.0. The van der Waals surface area contributed by atoms with E-state index in [4.69, 9.17) is 20.7 Å². The topological polar surface area (TPSA) is 177 Å². The van der Waals surface area contributed by atoms with Gasteiger partial charge in [-0.15, -0.1) is 0 Å². The molecule has 12 heteroatoms. The summed E-state index contributed by atoms with van der Waals surface area (Å²) in [4.78, 5) is 14.9. The van der Waals surface area contributed by atoms with Crippen LogP contribution in [0.4, 0.5) is 5.82 Å². The Morgan fingerprint density at radius 1 is 1.24 bits per heavy atom. The van der Waals surface area contributed by atoms with Crippen LogP contribution in [0.3, 0.4) is 0 Å². The van der Waals surface area contributed by atoms with Crippen molar-refractivity contribution in [3.8, 4) is 0 Å². The number of nitrogens with two attached hydrogens (primary N) is 1. The summed E-state index contributed by atoms with van der Waals surface area (Å²) in [5.74, 6) is 0.177. The van der Waals surface area contributed by atoms with Crippen LogP contribution in [-0.4, -0.2) is 54.3 Å². The van der Waals surface area contributed by atoms with Gasteiger partial charge in [-0.2, -0.15) is 0 Å². The Morgan fingerprint density at radius 3 is 2.79 bits per heavy atom. The minimum absolute atomic E-state index is 0.135. The second kappa shape index (κ2) is 7.99. The lowest BCUT2D eigenvalue weighted by atomic mass is 10.1. The van der Waals surface area contributed by atoms with E-state index in [1.807, 2.05) is 30.3 Å². The van der Waals surface area contributed by atoms with Gasteiger partial charge in [0.05, 0.1) is 12.9 Å². The number of nitrogen functional groups attached to an aromatic ring is 1. The summed E-state index contributed by atoms with van der Waals surface area (Å²) >= 11 is 0. The van der Waals surface area contributed by atoms with Gasteiger partial charge < -0.3 is 25.4 Å². The largest absolute Gasteiger partial charge is 0.387 e. The SMILES string of the molecule is [N-]=[N+]=NC(OCc1ccccc1)[C@H]1O[C@@H](n2cnc3c(N)ncnc32)[C@H](O)[C@@H]1O. The summed E-state index contributed by atoms with van der Waals surface area (Å²) in [6, 6.07) is 9.25. The molecule has 12 nitrogen and oxygen atoms in total. The summed E-state index contributed by atoms with van der Waals surface area (Å²) in [7, 11) is 0. The number of rotatable bonds is 6. The third kappa shape index (κ3) is 3.58. The van der Waals surface area contributed by atoms with Crippen molar-refractivity contribution in [2.24, 2.45) is 5.11 Å². The number of anilines is 1. The maximum atomic E-state index is 10.5. The van der Waals surface area contributed by atoms with E-state index in [2.05, 4.69) is 25.0 Å². The lowest BCUT2D eigenvalue weighted by molar-refractivity contribution is -0.109. The van der Waals surface area contributed by atoms with Crippen molar-refractivity contribution < 1.29 is 19.7 Å². The van der Waals surface area contributed by atoms with Crippen molar-refractivity contribution in [1.82, 2.24) is 19.5 Å². The van der Waals surface area contributed by atoms with E-state index in [1.165, 1.54) is 17.2 Å². The molecule has 1 aromatic carbocycles. The zero-order valence-corrected chi connectivity index (χ0v) is 15.1. The highest BCUT2D eigenvalue weighted by molar-refractivity contribution is 5.81. The lowest BCUT2D eigenvalue weighted by Gasteiger charge is -2.22. The third-order valence-electron chi connectivity index (χ3n) is 4.65. The molecular weight excluding hydrogens is 380 g/mol. The fourth-order valence-corrected chi connectivity index (χ4v) is 3.21. The molecule has 1 saturated heterocycles. The molecule has 0 bridgehead atoms. The van der Waals surface area contributed by atoms with Crippen LogP contribution >= 0.6 is 0 Å². The molecule has 0 aliphatic carbocycles. The Hall–Kier alpha value is -3.28. The molecule has 3 heterocycles. The number of aliphatic hydroxyl groups is 2. The summed E-state index contributed by atoms with van der Waals surface area (Å²) in [5, 5.41) is 24.7. The van der Waals surface area contributed by atoms with E-state index in [0.29, 0.717) is 11.2 Å². The number of hydrogen-bond donors (Lipinski definition) is 3. The van der Waals surface area contributed by atoms with Crippen molar-refractivity contribution in [3.05, 3.63) is 59.0 Å². The number of azide groups is 1. The molecular formula is C17H18N8O4. The van der Waals surface area contributed by atoms with Crippen LogP contribution in [0, 0.1) is 0 Å². The maximum absolute atomic E-state index is 10.5. The third-order valence-corrected chi connectivity index (χ3v) is 4.65. The molecule has 0 saturated carbocycles. The van der Waals surface area contributed by atoms with Gasteiger partial charge in [0.1, 0.15) is 30.2 Å². The van der Waals surface area contributed by atoms with Gasteiger partial charge in [0.2, 0.25) is 0 Å². The van der Waals surface area contributed by atoms with Crippen molar-refractivity contribution in [1.29, 1.82) is 0 Å². The van der Waals surface area contributed by atoms with E-state index in [0.717, 1.165) is 5.56 Å². The summed E-state index contributed by atoms with van der Waals surface area (Å²) < 4.78 is 12.9. The van der Waals surface area contributed by atoms with Crippen LogP contribution in [0.25, 0.3) is 21.6 Å². The monoisotopic (exact) mass is 398 g/mol. The zero-order valence-electron chi connectivity index (χ0n) is 15.1. The van der Waals surface area contributed by atoms with Crippen LogP contribution in [-0.2, 0) is 16.1 Å². The van der Waals surface area contributed by atoms with Crippen LogP contribution in [0.15, 0.2) is 48.1 Å². The first-order chi connectivity index (χ1) is 14.1. The average Bonchev–Trinajstić information content (AvgIpc) is 3.29. The Morgan fingerprint density at radius 2 is 2.03 bits per heavy atom. The predicted molar refractivity (Wildman–Crippen MR) is 99.8 cm³/mol. The first-order valence-corrected chi connectivity index (χ1v) is 8.74. The molecule has 1 aliphatic heterocycles.